The van der Waals surface area contributed by atoms with E-state index in [1.807, 2.05) is 4.90 Å². The Labute approximate surface area is 174 Å². The smallest absolute Gasteiger partial charge is 0.312 e. The van der Waals surface area contributed by atoms with Gasteiger partial charge in [-0.15, -0.1) is 0 Å². The summed E-state index contributed by atoms with van der Waals surface area (Å²) in [4.78, 5) is 32.5. The third-order valence-electron chi connectivity index (χ3n) is 5.70. The maximum absolute atomic E-state index is 14.0. The molecule has 0 aromatic heterocycles. The average molecular weight is 414 g/mol. The number of hydrogen-bond donors (Lipinski definition) is 0. The van der Waals surface area contributed by atoms with Gasteiger partial charge in [0.1, 0.15) is 11.6 Å². The van der Waals surface area contributed by atoms with Gasteiger partial charge in [0.05, 0.1) is 5.69 Å². The lowest BCUT2D eigenvalue weighted by Gasteiger charge is -2.38. The van der Waals surface area contributed by atoms with Crippen LogP contribution in [-0.2, 0) is 9.59 Å². The van der Waals surface area contributed by atoms with Crippen LogP contribution in [0.2, 0.25) is 0 Å². The van der Waals surface area contributed by atoms with E-state index in [4.69, 9.17) is 0 Å². The summed E-state index contributed by atoms with van der Waals surface area (Å²) < 4.78 is 27.1. The van der Waals surface area contributed by atoms with Crippen LogP contribution in [0.25, 0.3) is 0 Å². The van der Waals surface area contributed by atoms with Gasteiger partial charge in [-0.1, -0.05) is 12.1 Å². The minimum atomic E-state index is -0.501. The lowest BCUT2D eigenvalue weighted by atomic mass is 10.2. The number of rotatable bonds is 2. The highest BCUT2D eigenvalue weighted by Gasteiger charge is 2.31. The average Bonchev–Trinajstić information content (AvgIpc) is 2.79. The normalized spacial score (nSPS) is 17.3. The maximum Gasteiger partial charge on any atom is 0.312 e. The summed E-state index contributed by atoms with van der Waals surface area (Å²) >= 11 is 0. The fourth-order valence-corrected chi connectivity index (χ4v) is 3.95. The first-order valence-corrected chi connectivity index (χ1v) is 10.1. The largest absolute Gasteiger partial charge is 0.368 e. The van der Waals surface area contributed by atoms with Crippen LogP contribution in [0.1, 0.15) is 0 Å². The first-order valence-electron chi connectivity index (χ1n) is 10.1. The van der Waals surface area contributed by atoms with Gasteiger partial charge in [-0.2, -0.15) is 0 Å². The lowest BCUT2D eigenvalue weighted by Crippen LogP contribution is -2.56. The molecule has 4 rings (SSSR count). The fraction of sp³-hybridized carbons (Fsp3) is 0.364. The fourth-order valence-electron chi connectivity index (χ4n) is 3.95. The zero-order valence-electron chi connectivity index (χ0n) is 16.6. The molecule has 0 saturated carbocycles. The number of anilines is 2. The highest BCUT2D eigenvalue weighted by molar-refractivity contribution is 6.35. The molecule has 0 radical (unpaired) electrons. The van der Waals surface area contributed by atoms with Crippen LogP contribution >= 0.6 is 0 Å². The molecule has 6 nitrogen and oxygen atoms in total. The highest BCUT2D eigenvalue weighted by Crippen LogP contribution is 2.21. The molecule has 30 heavy (non-hydrogen) atoms. The number of hydrogen-bond acceptors (Lipinski definition) is 4. The predicted molar refractivity (Wildman–Crippen MR) is 110 cm³/mol. The Bertz CT molecular complexity index is 906. The number of nitrogens with zero attached hydrogens (tertiary/aromatic N) is 4. The SMILES string of the molecule is O=C(C(=O)N1CCN(c2ccccc2F)CC1)N1CCN(c2ccc(F)cc2)CC1. The van der Waals surface area contributed by atoms with E-state index in [-0.39, 0.29) is 11.6 Å². The van der Waals surface area contributed by atoms with Crippen LogP contribution in [0.5, 0.6) is 0 Å². The predicted octanol–water partition coefficient (Wildman–Crippen LogP) is 1.96. The Hall–Kier alpha value is -3.16. The van der Waals surface area contributed by atoms with Crippen LogP contribution < -0.4 is 9.80 Å². The van der Waals surface area contributed by atoms with Gasteiger partial charge in [0.15, 0.2) is 0 Å². The van der Waals surface area contributed by atoms with Crippen LogP contribution in [0.4, 0.5) is 20.2 Å². The molecule has 0 spiro atoms. The van der Waals surface area contributed by atoms with Gasteiger partial charge in [-0.25, -0.2) is 8.78 Å². The summed E-state index contributed by atoms with van der Waals surface area (Å²) in [6, 6.07) is 12.8. The van der Waals surface area contributed by atoms with E-state index in [1.165, 1.54) is 18.2 Å². The summed E-state index contributed by atoms with van der Waals surface area (Å²) in [5.41, 5.74) is 1.42. The molecule has 2 aliphatic rings. The van der Waals surface area contributed by atoms with Crippen LogP contribution in [0.15, 0.2) is 48.5 Å². The van der Waals surface area contributed by atoms with Crippen molar-refractivity contribution in [1.29, 1.82) is 0 Å². The minimum Gasteiger partial charge on any atom is -0.368 e. The molecule has 0 N–H and O–H groups in total. The van der Waals surface area contributed by atoms with Crippen molar-refractivity contribution < 1.29 is 18.4 Å². The third-order valence-corrected chi connectivity index (χ3v) is 5.70. The Morgan fingerprint density at radius 2 is 1.13 bits per heavy atom. The summed E-state index contributed by atoms with van der Waals surface area (Å²) in [6.07, 6.45) is 0. The number of carbonyl (C=O) groups excluding carboxylic acids is 2. The molecule has 0 unspecified atom stereocenters. The Balaban J connectivity index is 1.29. The Morgan fingerprint density at radius 3 is 1.67 bits per heavy atom. The second-order valence-corrected chi connectivity index (χ2v) is 7.49. The van der Waals surface area contributed by atoms with Gasteiger partial charge in [0.2, 0.25) is 0 Å². The van der Waals surface area contributed by atoms with Crippen LogP contribution in [-0.4, -0.2) is 74.0 Å². The van der Waals surface area contributed by atoms with E-state index in [9.17, 15) is 18.4 Å². The van der Waals surface area contributed by atoms with Crippen molar-refractivity contribution in [1.82, 2.24) is 9.80 Å². The minimum absolute atomic E-state index is 0.284. The van der Waals surface area contributed by atoms with Gasteiger partial charge < -0.3 is 19.6 Å². The van der Waals surface area contributed by atoms with E-state index in [0.29, 0.717) is 58.0 Å². The van der Waals surface area contributed by atoms with Gasteiger partial charge >= 0.3 is 11.8 Å². The van der Waals surface area contributed by atoms with Crippen molar-refractivity contribution in [2.24, 2.45) is 0 Å². The topological polar surface area (TPSA) is 47.1 Å². The molecule has 0 aliphatic carbocycles. The molecule has 2 fully saturated rings. The monoisotopic (exact) mass is 414 g/mol. The first kappa shape index (κ1) is 20.1. The van der Waals surface area contributed by atoms with E-state index >= 15 is 0 Å². The van der Waals surface area contributed by atoms with Crippen molar-refractivity contribution in [2.75, 3.05) is 62.2 Å². The molecule has 2 saturated heterocycles. The molecule has 2 aromatic rings. The molecular formula is C22H24F2N4O2. The van der Waals surface area contributed by atoms with Crippen molar-refractivity contribution in [3.63, 3.8) is 0 Å². The second-order valence-electron chi connectivity index (χ2n) is 7.49. The van der Waals surface area contributed by atoms with Crippen molar-refractivity contribution >= 4 is 23.2 Å². The zero-order valence-corrected chi connectivity index (χ0v) is 16.6. The number of carbonyl (C=O) groups is 2. The molecule has 2 aromatic carbocycles. The van der Waals surface area contributed by atoms with Crippen LogP contribution in [0.3, 0.4) is 0 Å². The van der Waals surface area contributed by atoms with Crippen molar-refractivity contribution in [3.05, 3.63) is 60.2 Å². The lowest BCUT2D eigenvalue weighted by molar-refractivity contribution is -0.152. The van der Waals surface area contributed by atoms with Crippen LogP contribution in [0, 0.1) is 11.6 Å². The summed E-state index contributed by atoms with van der Waals surface area (Å²) in [5.74, 6) is -1.56. The quantitative estimate of drug-likeness (QED) is 0.705. The number of halogens is 2. The number of amides is 2. The Kier molecular flexibility index (Phi) is 5.83. The van der Waals surface area contributed by atoms with Crippen molar-refractivity contribution in [2.45, 2.75) is 0 Å². The van der Waals surface area contributed by atoms with Gasteiger partial charge in [0.25, 0.3) is 0 Å². The molecule has 0 atom stereocenters. The number of piperazine rings is 2. The van der Waals surface area contributed by atoms with E-state index < -0.39 is 11.8 Å². The standard InChI is InChI=1S/C22H24F2N4O2/c23-17-5-7-18(8-6-17)25-9-13-27(14-10-25)21(29)22(30)28-15-11-26(12-16-28)20-4-2-1-3-19(20)24/h1-8H,9-16H2. The van der Waals surface area contributed by atoms with E-state index in [0.717, 1.165) is 5.69 Å². The molecular weight excluding hydrogens is 390 g/mol. The molecule has 2 heterocycles. The summed E-state index contributed by atoms with van der Waals surface area (Å²) in [5, 5.41) is 0. The Morgan fingerprint density at radius 1 is 0.633 bits per heavy atom. The van der Waals surface area contributed by atoms with E-state index in [1.54, 1.807) is 40.1 Å². The zero-order chi connectivity index (χ0) is 21.1. The number of benzene rings is 2. The maximum atomic E-state index is 14.0. The molecule has 158 valence electrons. The summed E-state index contributed by atoms with van der Waals surface area (Å²) in [7, 11) is 0. The second kappa shape index (κ2) is 8.69. The number of para-hydroxylation sites is 1. The van der Waals surface area contributed by atoms with Gasteiger partial charge in [-0.3, -0.25) is 9.59 Å². The molecule has 0 bridgehead atoms. The molecule has 2 amide bonds. The first-order chi connectivity index (χ1) is 14.5. The van der Waals surface area contributed by atoms with Gasteiger partial charge in [-0.05, 0) is 36.4 Å². The van der Waals surface area contributed by atoms with E-state index in [2.05, 4.69) is 4.90 Å². The van der Waals surface area contributed by atoms with Gasteiger partial charge in [0, 0.05) is 58.0 Å². The molecule has 2 aliphatic heterocycles. The highest BCUT2D eigenvalue weighted by atomic mass is 19.1. The van der Waals surface area contributed by atoms with Crippen molar-refractivity contribution in [3.8, 4) is 0 Å². The summed E-state index contributed by atoms with van der Waals surface area (Å²) in [6.45, 7) is 3.80. The molecule has 8 heteroatoms. The third kappa shape index (κ3) is 4.22.